The first-order chi connectivity index (χ1) is 13.5. The summed E-state index contributed by atoms with van der Waals surface area (Å²) in [5, 5.41) is 2.92. The third kappa shape index (κ3) is 4.60. The van der Waals surface area contributed by atoms with Crippen LogP contribution in [0.1, 0.15) is 53.1 Å². The molecule has 0 atom stereocenters. The molecule has 0 bridgehead atoms. The average molecular weight is 379 g/mol. The third-order valence-corrected chi connectivity index (χ3v) is 4.89. The molecule has 2 aromatic rings. The predicted octanol–water partition coefficient (Wildman–Crippen LogP) is 2.39. The Kier molecular flexibility index (Phi) is 6.13. The quantitative estimate of drug-likeness (QED) is 0.806. The van der Waals surface area contributed by atoms with Crippen molar-refractivity contribution in [3.8, 4) is 0 Å². The molecule has 1 aliphatic rings. The molecule has 2 aromatic heterocycles. The van der Waals surface area contributed by atoms with Gasteiger partial charge in [0.05, 0.1) is 11.3 Å². The van der Waals surface area contributed by atoms with Crippen molar-refractivity contribution < 1.29 is 9.59 Å². The lowest BCUT2D eigenvalue weighted by molar-refractivity contribution is -0.128. The SMILES string of the molecule is C=C(C)C(=O)N1CCC(c2nc(C)ncc2C(=O)NCc2cccnc2)CC1. The molecule has 146 valence electrons. The van der Waals surface area contributed by atoms with Crippen LogP contribution in [0.5, 0.6) is 0 Å². The van der Waals surface area contributed by atoms with Crippen LogP contribution in [0.15, 0.2) is 42.9 Å². The van der Waals surface area contributed by atoms with Crippen molar-refractivity contribution >= 4 is 11.8 Å². The van der Waals surface area contributed by atoms with Crippen molar-refractivity contribution in [3.63, 3.8) is 0 Å². The van der Waals surface area contributed by atoms with E-state index >= 15 is 0 Å². The van der Waals surface area contributed by atoms with E-state index < -0.39 is 0 Å². The zero-order valence-electron chi connectivity index (χ0n) is 16.3. The Hall–Kier alpha value is -3.09. The van der Waals surface area contributed by atoms with Gasteiger partial charge in [-0.3, -0.25) is 14.6 Å². The van der Waals surface area contributed by atoms with Crippen molar-refractivity contribution in [1.29, 1.82) is 0 Å². The molecular formula is C21H25N5O2. The van der Waals surface area contributed by atoms with Crippen molar-refractivity contribution in [2.75, 3.05) is 13.1 Å². The normalized spacial score (nSPS) is 14.6. The van der Waals surface area contributed by atoms with E-state index in [1.807, 2.05) is 24.0 Å². The Morgan fingerprint density at radius 1 is 1.29 bits per heavy atom. The number of aryl methyl sites for hydroxylation is 1. The van der Waals surface area contributed by atoms with Gasteiger partial charge in [-0.25, -0.2) is 9.97 Å². The molecule has 0 unspecified atom stereocenters. The molecule has 7 nitrogen and oxygen atoms in total. The lowest BCUT2D eigenvalue weighted by Crippen LogP contribution is -2.38. The van der Waals surface area contributed by atoms with Gasteiger partial charge < -0.3 is 10.2 Å². The molecule has 0 aliphatic carbocycles. The highest BCUT2D eigenvalue weighted by molar-refractivity contribution is 5.95. The number of aromatic nitrogens is 3. The Labute approximate surface area is 164 Å². The molecule has 0 aromatic carbocycles. The Balaban J connectivity index is 1.71. The third-order valence-electron chi connectivity index (χ3n) is 4.89. The summed E-state index contributed by atoms with van der Waals surface area (Å²) < 4.78 is 0. The summed E-state index contributed by atoms with van der Waals surface area (Å²) in [5.74, 6) is 0.556. The van der Waals surface area contributed by atoms with E-state index in [1.165, 1.54) is 0 Å². The van der Waals surface area contributed by atoms with Crippen LogP contribution in [0.4, 0.5) is 0 Å². The maximum absolute atomic E-state index is 12.8. The maximum atomic E-state index is 12.8. The zero-order chi connectivity index (χ0) is 20.1. The molecule has 1 fully saturated rings. The fraction of sp³-hybridized carbons (Fsp3) is 0.381. The number of nitrogens with zero attached hydrogens (tertiary/aromatic N) is 4. The van der Waals surface area contributed by atoms with Crippen LogP contribution >= 0.6 is 0 Å². The van der Waals surface area contributed by atoms with E-state index in [9.17, 15) is 9.59 Å². The lowest BCUT2D eigenvalue weighted by atomic mass is 9.90. The van der Waals surface area contributed by atoms with Crippen molar-refractivity contribution in [1.82, 2.24) is 25.2 Å². The van der Waals surface area contributed by atoms with Gasteiger partial charge in [0.1, 0.15) is 5.82 Å². The van der Waals surface area contributed by atoms with Gasteiger partial charge in [-0.2, -0.15) is 0 Å². The standard InChI is InChI=1S/C21H25N5O2/c1-14(2)21(28)26-9-6-17(7-10-26)19-18(13-23-15(3)25-19)20(27)24-12-16-5-4-8-22-11-16/h4-5,8,11,13,17H,1,6-7,9-10,12H2,2-3H3,(H,24,27). The fourth-order valence-electron chi connectivity index (χ4n) is 3.38. The molecule has 1 saturated heterocycles. The van der Waals surface area contributed by atoms with Crippen LogP contribution in [0, 0.1) is 6.92 Å². The summed E-state index contributed by atoms with van der Waals surface area (Å²) in [6, 6.07) is 3.75. The lowest BCUT2D eigenvalue weighted by Gasteiger charge is -2.32. The highest BCUT2D eigenvalue weighted by Crippen LogP contribution is 2.29. The van der Waals surface area contributed by atoms with E-state index in [4.69, 9.17) is 0 Å². The molecule has 3 heterocycles. The number of pyridine rings is 1. The highest BCUT2D eigenvalue weighted by Gasteiger charge is 2.28. The highest BCUT2D eigenvalue weighted by atomic mass is 16.2. The summed E-state index contributed by atoms with van der Waals surface area (Å²) in [7, 11) is 0. The van der Waals surface area contributed by atoms with Gasteiger partial charge in [0.25, 0.3) is 5.91 Å². The second kappa shape index (κ2) is 8.73. The molecule has 28 heavy (non-hydrogen) atoms. The minimum Gasteiger partial charge on any atom is -0.348 e. The summed E-state index contributed by atoms with van der Waals surface area (Å²) in [5.41, 5.74) is 2.74. The number of hydrogen-bond donors (Lipinski definition) is 1. The van der Waals surface area contributed by atoms with Gasteiger partial charge in [-0.15, -0.1) is 0 Å². The van der Waals surface area contributed by atoms with Crippen LogP contribution in [0.3, 0.4) is 0 Å². The van der Waals surface area contributed by atoms with E-state index in [0.29, 0.717) is 36.6 Å². The van der Waals surface area contributed by atoms with Gasteiger partial charge in [-0.05, 0) is 38.3 Å². The minimum atomic E-state index is -0.195. The Morgan fingerprint density at radius 3 is 2.68 bits per heavy atom. The first-order valence-corrected chi connectivity index (χ1v) is 9.41. The maximum Gasteiger partial charge on any atom is 0.254 e. The van der Waals surface area contributed by atoms with Crippen LogP contribution in [0.25, 0.3) is 0 Å². The van der Waals surface area contributed by atoms with E-state index in [2.05, 4.69) is 26.8 Å². The molecular weight excluding hydrogens is 354 g/mol. The van der Waals surface area contributed by atoms with E-state index in [0.717, 1.165) is 24.1 Å². The summed E-state index contributed by atoms with van der Waals surface area (Å²) in [6.45, 7) is 8.95. The number of hydrogen-bond acceptors (Lipinski definition) is 5. The number of amides is 2. The largest absolute Gasteiger partial charge is 0.348 e. The van der Waals surface area contributed by atoms with Gasteiger partial charge in [0, 0.05) is 49.7 Å². The molecule has 0 radical (unpaired) electrons. The second-order valence-electron chi connectivity index (χ2n) is 7.11. The Morgan fingerprint density at radius 2 is 2.04 bits per heavy atom. The first kappa shape index (κ1) is 19.7. The number of carbonyl (C=O) groups excluding carboxylic acids is 2. The van der Waals surface area contributed by atoms with Crippen molar-refractivity contribution in [2.45, 2.75) is 39.2 Å². The Bertz CT molecular complexity index is 874. The van der Waals surface area contributed by atoms with Crippen LogP contribution < -0.4 is 5.32 Å². The summed E-state index contributed by atoms with van der Waals surface area (Å²) in [4.78, 5) is 39.5. The average Bonchev–Trinajstić information content (AvgIpc) is 2.72. The summed E-state index contributed by atoms with van der Waals surface area (Å²) >= 11 is 0. The van der Waals surface area contributed by atoms with Gasteiger partial charge in [-0.1, -0.05) is 12.6 Å². The van der Waals surface area contributed by atoms with E-state index in [-0.39, 0.29) is 17.7 Å². The fourth-order valence-corrected chi connectivity index (χ4v) is 3.38. The van der Waals surface area contributed by atoms with Gasteiger partial charge in [0.15, 0.2) is 0 Å². The second-order valence-corrected chi connectivity index (χ2v) is 7.11. The van der Waals surface area contributed by atoms with Crippen molar-refractivity contribution in [3.05, 3.63) is 65.5 Å². The molecule has 7 heteroatoms. The first-order valence-electron chi connectivity index (χ1n) is 9.41. The van der Waals surface area contributed by atoms with Crippen molar-refractivity contribution in [2.24, 2.45) is 0 Å². The number of likely N-dealkylation sites (tertiary alicyclic amines) is 1. The van der Waals surface area contributed by atoms with E-state index in [1.54, 1.807) is 25.5 Å². The number of nitrogens with one attached hydrogen (secondary N) is 1. The molecule has 1 aliphatic heterocycles. The smallest absolute Gasteiger partial charge is 0.254 e. The number of rotatable bonds is 5. The molecule has 1 N–H and O–H groups in total. The zero-order valence-corrected chi connectivity index (χ0v) is 16.3. The topological polar surface area (TPSA) is 88.1 Å². The van der Waals surface area contributed by atoms with Gasteiger partial charge in [0.2, 0.25) is 5.91 Å². The van der Waals surface area contributed by atoms with Gasteiger partial charge >= 0.3 is 0 Å². The molecule has 3 rings (SSSR count). The monoisotopic (exact) mass is 379 g/mol. The molecule has 0 spiro atoms. The van der Waals surface area contributed by atoms with Crippen LogP contribution in [0.2, 0.25) is 0 Å². The molecule has 0 saturated carbocycles. The number of piperidine rings is 1. The summed E-state index contributed by atoms with van der Waals surface area (Å²) in [6.07, 6.45) is 6.54. The van der Waals surface area contributed by atoms with Crippen LogP contribution in [-0.2, 0) is 11.3 Å². The number of carbonyl (C=O) groups is 2. The van der Waals surface area contributed by atoms with Crippen LogP contribution in [-0.4, -0.2) is 44.8 Å². The predicted molar refractivity (Wildman–Crippen MR) is 106 cm³/mol. The molecule has 2 amide bonds. The minimum absolute atomic E-state index is 0.00763.